The zero-order valence-corrected chi connectivity index (χ0v) is 11.2. The lowest BCUT2D eigenvalue weighted by molar-refractivity contribution is -0.385. The van der Waals surface area contributed by atoms with Gasteiger partial charge in [0.2, 0.25) is 5.91 Å². The van der Waals surface area contributed by atoms with Crippen LogP contribution >= 0.6 is 0 Å². The van der Waals surface area contributed by atoms with Crippen molar-refractivity contribution in [1.29, 1.82) is 0 Å². The van der Waals surface area contributed by atoms with Crippen molar-refractivity contribution in [3.8, 4) is 0 Å². The van der Waals surface area contributed by atoms with Crippen molar-refractivity contribution in [3.63, 3.8) is 0 Å². The average molecular weight is 278 g/mol. The van der Waals surface area contributed by atoms with Crippen LogP contribution in [0.15, 0.2) is 18.2 Å². The van der Waals surface area contributed by atoms with E-state index in [-0.39, 0.29) is 24.6 Å². The fourth-order valence-corrected chi connectivity index (χ4v) is 2.37. The molecule has 7 heteroatoms. The summed E-state index contributed by atoms with van der Waals surface area (Å²) >= 11 is 0. The third-order valence-electron chi connectivity index (χ3n) is 3.42. The van der Waals surface area contributed by atoms with Crippen LogP contribution < -0.4 is 4.90 Å². The number of methoxy groups -OCH3 is 1. The molecule has 0 radical (unpaired) electrons. The van der Waals surface area contributed by atoms with Crippen LogP contribution in [0.4, 0.5) is 11.4 Å². The molecule has 20 heavy (non-hydrogen) atoms. The van der Waals surface area contributed by atoms with Gasteiger partial charge in [0.25, 0.3) is 5.69 Å². The standard InChI is InChI=1S/C13H14N2O5/c1-8-10(4-3-5-11(8)15(18)19)14-7-9(6-12(14)16)13(17)20-2/h3-5,9H,6-7H2,1-2H3/t9-/m1/s1. The Labute approximate surface area is 115 Å². The Morgan fingerprint density at radius 3 is 2.80 bits per heavy atom. The highest BCUT2D eigenvalue weighted by Crippen LogP contribution is 2.32. The van der Waals surface area contributed by atoms with Gasteiger partial charge in [0.1, 0.15) is 0 Å². The molecule has 0 aliphatic carbocycles. The molecule has 1 aromatic rings. The lowest BCUT2D eigenvalue weighted by atomic mass is 10.1. The Kier molecular flexibility index (Phi) is 3.69. The number of nitro benzene ring substituents is 1. The Hall–Kier alpha value is -2.44. The van der Waals surface area contributed by atoms with Gasteiger partial charge >= 0.3 is 5.97 Å². The third-order valence-corrected chi connectivity index (χ3v) is 3.42. The first kappa shape index (κ1) is 14.0. The van der Waals surface area contributed by atoms with Crippen LogP contribution in [0, 0.1) is 23.0 Å². The van der Waals surface area contributed by atoms with Gasteiger partial charge in [0, 0.05) is 19.0 Å². The molecule has 7 nitrogen and oxygen atoms in total. The van der Waals surface area contributed by atoms with E-state index >= 15 is 0 Å². The zero-order valence-electron chi connectivity index (χ0n) is 11.2. The second-order valence-corrected chi connectivity index (χ2v) is 4.61. The maximum Gasteiger partial charge on any atom is 0.311 e. The molecule has 1 saturated heterocycles. The highest BCUT2D eigenvalue weighted by molar-refractivity contribution is 6.00. The van der Waals surface area contributed by atoms with Crippen LogP contribution in [0.2, 0.25) is 0 Å². The number of anilines is 1. The van der Waals surface area contributed by atoms with E-state index in [2.05, 4.69) is 4.74 Å². The number of ether oxygens (including phenoxy) is 1. The molecule has 106 valence electrons. The second-order valence-electron chi connectivity index (χ2n) is 4.61. The molecule has 1 fully saturated rings. The zero-order chi connectivity index (χ0) is 14.9. The van der Waals surface area contributed by atoms with Crippen molar-refractivity contribution in [2.45, 2.75) is 13.3 Å². The van der Waals surface area contributed by atoms with Gasteiger partial charge < -0.3 is 9.64 Å². The number of hydrogen-bond donors (Lipinski definition) is 0. The van der Waals surface area contributed by atoms with E-state index in [1.165, 1.54) is 24.1 Å². The molecule has 2 rings (SSSR count). The number of rotatable bonds is 3. The van der Waals surface area contributed by atoms with E-state index in [4.69, 9.17) is 0 Å². The molecule has 0 unspecified atom stereocenters. The van der Waals surface area contributed by atoms with Crippen molar-refractivity contribution in [1.82, 2.24) is 0 Å². The lowest BCUT2D eigenvalue weighted by Gasteiger charge is -2.18. The monoisotopic (exact) mass is 278 g/mol. The first-order chi connectivity index (χ1) is 9.45. The van der Waals surface area contributed by atoms with Gasteiger partial charge in [-0.05, 0) is 13.0 Å². The molecule has 1 heterocycles. The summed E-state index contributed by atoms with van der Waals surface area (Å²) in [5.74, 6) is -1.20. The highest BCUT2D eigenvalue weighted by atomic mass is 16.6. The molecule has 0 bridgehead atoms. The number of esters is 1. The first-order valence-corrected chi connectivity index (χ1v) is 6.08. The Bertz CT molecular complexity index is 584. The molecule has 0 aromatic heterocycles. The molecule has 1 atom stereocenters. The minimum atomic E-state index is -0.522. The molecule has 1 aliphatic rings. The summed E-state index contributed by atoms with van der Waals surface area (Å²) < 4.78 is 4.63. The van der Waals surface area contributed by atoms with E-state index in [0.29, 0.717) is 11.3 Å². The number of carbonyl (C=O) groups excluding carboxylic acids is 2. The molecule has 1 aliphatic heterocycles. The van der Waals surface area contributed by atoms with E-state index in [1.54, 1.807) is 13.0 Å². The van der Waals surface area contributed by atoms with Crippen molar-refractivity contribution in [2.24, 2.45) is 5.92 Å². The number of carbonyl (C=O) groups is 2. The summed E-state index contributed by atoms with van der Waals surface area (Å²) in [6.45, 7) is 1.78. The van der Waals surface area contributed by atoms with Gasteiger partial charge in [-0.3, -0.25) is 19.7 Å². The molecular weight excluding hydrogens is 264 g/mol. The number of hydrogen-bond acceptors (Lipinski definition) is 5. The van der Waals surface area contributed by atoms with Crippen LogP contribution in [0.1, 0.15) is 12.0 Å². The number of amides is 1. The minimum absolute atomic E-state index is 0.0446. The van der Waals surface area contributed by atoms with Gasteiger partial charge in [-0.2, -0.15) is 0 Å². The Morgan fingerprint density at radius 2 is 2.20 bits per heavy atom. The van der Waals surface area contributed by atoms with Crippen molar-refractivity contribution < 1.29 is 19.2 Å². The van der Waals surface area contributed by atoms with Crippen LogP contribution in [0.25, 0.3) is 0 Å². The predicted octanol–water partition coefficient (Wildman–Crippen LogP) is 1.43. The van der Waals surface area contributed by atoms with Gasteiger partial charge in [-0.15, -0.1) is 0 Å². The number of nitrogens with zero attached hydrogens (tertiary/aromatic N) is 2. The van der Waals surface area contributed by atoms with Crippen molar-refractivity contribution in [3.05, 3.63) is 33.9 Å². The van der Waals surface area contributed by atoms with Gasteiger partial charge in [0.05, 0.1) is 29.2 Å². The summed E-state index contributed by atoms with van der Waals surface area (Å²) in [5.41, 5.74) is 0.837. The summed E-state index contributed by atoms with van der Waals surface area (Å²) in [5, 5.41) is 10.9. The summed E-state index contributed by atoms with van der Waals surface area (Å²) in [7, 11) is 1.27. The van der Waals surface area contributed by atoms with E-state index in [9.17, 15) is 19.7 Å². The summed E-state index contributed by atoms with van der Waals surface area (Å²) in [4.78, 5) is 35.3. The first-order valence-electron chi connectivity index (χ1n) is 6.08. The van der Waals surface area contributed by atoms with Gasteiger partial charge in [-0.25, -0.2) is 0 Å². The van der Waals surface area contributed by atoms with E-state index in [1.807, 2.05) is 0 Å². The molecule has 1 amide bonds. The molecule has 0 saturated carbocycles. The molecule has 0 N–H and O–H groups in total. The SMILES string of the molecule is COC(=O)[C@@H]1CC(=O)N(c2cccc([N+](=O)[O-])c2C)C1. The van der Waals surface area contributed by atoms with Crippen molar-refractivity contribution in [2.75, 3.05) is 18.6 Å². The van der Waals surface area contributed by atoms with E-state index in [0.717, 1.165) is 0 Å². The molecule has 0 spiro atoms. The van der Waals surface area contributed by atoms with Gasteiger partial charge in [-0.1, -0.05) is 6.07 Å². The minimum Gasteiger partial charge on any atom is -0.469 e. The Balaban J connectivity index is 2.33. The topological polar surface area (TPSA) is 89.8 Å². The summed E-state index contributed by atoms with van der Waals surface area (Å²) in [6.07, 6.45) is 0.0643. The molecular formula is C13H14N2O5. The fraction of sp³-hybridized carbons (Fsp3) is 0.385. The number of nitro groups is 1. The fourth-order valence-electron chi connectivity index (χ4n) is 2.37. The third kappa shape index (κ3) is 2.34. The lowest BCUT2D eigenvalue weighted by Crippen LogP contribution is -2.27. The quantitative estimate of drug-likeness (QED) is 0.474. The maximum atomic E-state index is 12.0. The van der Waals surface area contributed by atoms with Crippen LogP contribution in [0.5, 0.6) is 0 Å². The summed E-state index contributed by atoms with van der Waals surface area (Å²) in [6, 6.07) is 4.55. The highest BCUT2D eigenvalue weighted by Gasteiger charge is 2.37. The van der Waals surface area contributed by atoms with Crippen LogP contribution in [-0.4, -0.2) is 30.5 Å². The van der Waals surface area contributed by atoms with Gasteiger partial charge in [0.15, 0.2) is 0 Å². The Morgan fingerprint density at radius 1 is 1.50 bits per heavy atom. The van der Waals surface area contributed by atoms with Crippen LogP contribution in [0.3, 0.4) is 0 Å². The second kappa shape index (κ2) is 5.28. The predicted molar refractivity (Wildman–Crippen MR) is 70.3 cm³/mol. The normalized spacial score (nSPS) is 18.2. The average Bonchev–Trinajstić information content (AvgIpc) is 2.79. The number of benzene rings is 1. The molecule has 1 aromatic carbocycles. The smallest absolute Gasteiger partial charge is 0.311 e. The maximum absolute atomic E-state index is 12.0. The largest absolute Gasteiger partial charge is 0.469 e. The van der Waals surface area contributed by atoms with Crippen LogP contribution in [-0.2, 0) is 14.3 Å². The van der Waals surface area contributed by atoms with E-state index < -0.39 is 16.8 Å². The van der Waals surface area contributed by atoms with Crippen molar-refractivity contribution >= 4 is 23.3 Å².